The van der Waals surface area contributed by atoms with Crippen molar-refractivity contribution >= 4 is 64.6 Å². The lowest BCUT2D eigenvalue weighted by molar-refractivity contribution is -0.255. The van der Waals surface area contributed by atoms with Gasteiger partial charge < -0.3 is 9.90 Å². The average molecular weight is 478 g/mol. The van der Waals surface area contributed by atoms with Gasteiger partial charge in [0.1, 0.15) is 0 Å². The zero-order chi connectivity index (χ0) is 21.3. The molecule has 0 saturated carbocycles. The third-order valence-electron chi connectivity index (χ3n) is 3.54. The molecule has 0 aliphatic rings. The highest BCUT2D eigenvalue weighted by molar-refractivity contribution is 8.03. The third kappa shape index (κ3) is 7.13. The number of halogens is 1. The van der Waals surface area contributed by atoms with Gasteiger partial charge in [0.05, 0.1) is 17.9 Å². The van der Waals surface area contributed by atoms with Gasteiger partial charge >= 0.3 is 0 Å². The summed E-state index contributed by atoms with van der Waals surface area (Å²) in [6, 6.07) is 13.6. The van der Waals surface area contributed by atoms with Crippen LogP contribution in [0.5, 0.6) is 0 Å². The Bertz CT molecular complexity index is 1040. The highest BCUT2D eigenvalue weighted by Gasteiger charge is 2.08. The van der Waals surface area contributed by atoms with Crippen molar-refractivity contribution in [3.63, 3.8) is 0 Å². The summed E-state index contributed by atoms with van der Waals surface area (Å²) in [6.45, 7) is 0. The van der Waals surface area contributed by atoms with Crippen molar-refractivity contribution in [3.8, 4) is 0 Å². The van der Waals surface area contributed by atoms with Crippen molar-refractivity contribution < 1.29 is 14.7 Å². The fourth-order valence-electron chi connectivity index (χ4n) is 2.08. The standard InChI is InChI=1S/C19H15ClN4O3S3/c20-15-7-3-13(4-8-15)10-28-18-23-24-19(30-18)29-11-16(25)22-21-9-12-1-5-14(6-2-12)17(26)27/h1-9H,10-11H2,(H,22,25)(H,26,27)/p-1/b21-9-. The second-order valence-corrected chi connectivity index (χ2v) is 9.60. The molecule has 0 aliphatic heterocycles. The number of carboxylic acids is 1. The molecule has 1 aromatic heterocycles. The molecule has 11 heteroatoms. The summed E-state index contributed by atoms with van der Waals surface area (Å²) < 4.78 is 1.52. The molecule has 30 heavy (non-hydrogen) atoms. The number of nitrogens with one attached hydrogen (secondary N) is 1. The molecule has 0 radical (unpaired) electrons. The average Bonchev–Trinajstić information content (AvgIpc) is 3.20. The minimum absolute atomic E-state index is 0.0790. The van der Waals surface area contributed by atoms with E-state index in [1.807, 2.05) is 24.3 Å². The fourth-order valence-corrected chi connectivity index (χ4v) is 4.98. The van der Waals surface area contributed by atoms with Gasteiger partial charge in [-0.2, -0.15) is 5.10 Å². The van der Waals surface area contributed by atoms with Crippen molar-refractivity contribution in [2.75, 3.05) is 5.75 Å². The fraction of sp³-hybridized carbons (Fsp3) is 0.105. The van der Waals surface area contributed by atoms with Gasteiger partial charge in [0.15, 0.2) is 8.68 Å². The van der Waals surface area contributed by atoms with E-state index in [1.165, 1.54) is 41.4 Å². The lowest BCUT2D eigenvalue weighted by atomic mass is 10.1. The molecule has 1 heterocycles. The third-order valence-corrected chi connectivity index (χ3v) is 7.05. The van der Waals surface area contributed by atoms with E-state index >= 15 is 0 Å². The number of rotatable bonds is 9. The number of aromatic carboxylic acids is 1. The molecule has 2 aromatic carbocycles. The number of thioether (sulfide) groups is 2. The Balaban J connectivity index is 1.40. The largest absolute Gasteiger partial charge is 0.545 e. The monoisotopic (exact) mass is 477 g/mol. The zero-order valence-corrected chi connectivity index (χ0v) is 18.5. The van der Waals surface area contributed by atoms with Gasteiger partial charge in [-0.3, -0.25) is 4.79 Å². The van der Waals surface area contributed by atoms with Crippen LogP contribution in [0.4, 0.5) is 0 Å². The summed E-state index contributed by atoms with van der Waals surface area (Å²) in [7, 11) is 0. The molecule has 3 aromatic rings. The van der Waals surface area contributed by atoms with E-state index in [2.05, 4.69) is 20.7 Å². The molecule has 1 amide bonds. The number of hydrazone groups is 1. The van der Waals surface area contributed by atoms with E-state index in [0.29, 0.717) is 14.9 Å². The second kappa shape index (κ2) is 11.1. The van der Waals surface area contributed by atoms with Crippen molar-refractivity contribution in [1.29, 1.82) is 0 Å². The van der Waals surface area contributed by atoms with E-state index in [9.17, 15) is 14.7 Å². The minimum Gasteiger partial charge on any atom is -0.545 e. The number of carbonyl (C=O) groups is 2. The summed E-state index contributed by atoms with van der Waals surface area (Å²) in [6.07, 6.45) is 1.43. The van der Waals surface area contributed by atoms with E-state index in [-0.39, 0.29) is 17.2 Å². The molecule has 7 nitrogen and oxygen atoms in total. The minimum atomic E-state index is -1.24. The first-order valence-electron chi connectivity index (χ1n) is 8.46. The summed E-state index contributed by atoms with van der Waals surface area (Å²) in [5, 5.41) is 23.5. The molecule has 3 rings (SSSR count). The van der Waals surface area contributed by atoms with Crippen LogP contribution in [0.3, 0.4) is 0 Å². The normalized spacial score (nSPS) is 11.0. The lowest BCUT2D eigenvalue weighted by Crippen LogP contribution is -2.22. The molecule has 1 N–H and O–H groups in total. The Morgan fingerprint density at radius 3 is 2.40 bits per heavy atom. The second-order valence-electron chi connectivity index (χ2n) is 5.74. The highest BCUT2D eigenvalue weighted by Crippen LogP contribution is 2.30. The SMILES string of the molecule is O=C(CSc1nnc(SCc2ccc(Cl)cc2)s1)N/N=C\c1ccc(C(=O)[O-])cc1. The Morgan fingerprint density at radius 2 is 1.73 bits per heavy atom. The van der Waals surface area contributed by atoms with Crippen molar-refractivity contribution in [3.05, 3.63) is 70.2 Å². The van der Waals surface area contributed by atoms with Crippen LogP contribution in [0.15, 0.2) is 62.3 Å². The van der Waals surface area contributed by atoms with Crippen molar-refractivity contribution in [2.24, 2.45) is 5.10 Å². The van der Waals surface area contributed by atoms with Gasteiger partial charge in [0, 0.05) is 10.8 Å². The summed E-state index contributed by atoms with van der Waals surface area (Å²) in [5.74, 6) is -0.618. The Hall–Kier alpha value is -2.40. The topological polar surface area (TPSA) is 107 Å². The Morgan fingerprint density at radius 1 is 1.07 bits per heavy atom. The molecular formula is C19H14ClN4O3S3-. The first kappa shape index (κ1) is 22.3. The molecule has 0 bridgehead atoms. The predicted octanol–water partition coefficient (Wildman–Crippen LogP) is 3.09. The van der Waals surface area contributed by atoms with Gasteiger partial charge in [-0.25, -0.2) is 5.43 Å². The number of hydrogen-bond acceptors (Lipinski definition) is 9. The van der Waals surface area contributed by atoms with Crippen LogP contribution in [-0.4, -0.2) is 34.0 Å². The molecule has 0 atom stereocenters. The molecule has 154 valence electrons. The van der Waals surface area contributed by atoms with Gasteiger partial charge in [0.25, 0.3) is 5.91 Å². The van der Waals surface area contributed by atoms with E-state index in [1.54, 1.807) is 23.9 Å². The first-order valence-corrected chi connectivity index (χ1v) is 11.6. The maximum atomic E-state index is 11.9. The smallest absolute Gasteiger partial charge is 0.250 e. The van der Waals surface area contributed by atoms with Crippen LogP contribution < -0.4 is 10.5 Å². The van der Waals surface area contributed by atoms with E-state index in [4.69, 9.17) is 11.6 Å². The van der Waals surface area contributed by atoms with Crippen LogP contribution in [0.25, 0.3) is 0 Å². The van der Waals surface area contributed by atoms with Gasteiger partial charge in [-0.1, -0.05) is 82.9 Å². The van der Waals surface area contributed by atoms with Crippen LogP contribution in [0.1, 0.15) is 21.5 Å². The summed E-state index contributed by atoms with van der Waals surface area (Å²) in [4.78, 5) is 22.6. The number of nitrogens with zero attached hydrogens (tertiary/aromatic N) is 3. The number of carboxylic acid groups (broad SMARTS) is 1. The van der Waals surface area contributed by atoms with Crippen molar-refractivity contribution in [1.82, 2.24) is 15.6 Å². The van der Waals surface area contributed by atoms with Crippen LogP contribution >= 0.6 is 46.5 Å². The Kier molecular flexibility index (Phi) is 8.26. The maximum absolute atomic E-state index is 11.9. The van der Waals surface area contributed by atoms with Crippen LogP contribution in [-0.2, 0) is 10.5 Å². The van der Waals surface area contributed by atoms with Gasteiger partial charge in [0.2, 0.25) is 0 Å². The molecular weight excluding hydrogens is 464 g/mol. The molecule has 0 fully saturated rings. The summed E-state index contributed by atoms with van der Waals surface area (Å²) >= 11 is 10.2. The van der Waals surface area contributed by atoms with Crippen LogP contribution in [0.2, 0.25) is 5.02 Å². The molecule has 0 unspecified atom stereocenters. The maximum Gasteiger partial charge on any atom is 0.250 e. The van der Waals surface area contributed by atoms with E-state index in [0.717, 1.165) is 15.7 Å². The summed E-state index contributed by atoms with van der Waals surface area (Å²) in [5.41, 5.74) is 4.29. The number of amides is 1. The number of hydrogen-bond donors (Lipinski definition) is 1. The number of carbonyl (C=O) groups excluding carboxylic acids is 2. The molecule has 0 spiro atoms. The predicted molar refractivity (Wildman–Crippen MR) is 118 cm³/mol. The van der Waals surface area contributed by atoms with Gasteiger partial charge in [-0.05, 0) is 28.8 Å². The van der Waals surface area contributed by atoms with Gasteiger partial charge in [-0.15, -0.1) is 10.2 Å². The molecule has 0 saturated heterocycles. The highest BCUT2D eigenvalue weighted by atomic mass is 35.5. The lowest BCUT2D eigenvalue weighted by Gasteiger charge is -2.01. The number of aromatic nitrogens is 2. The van der Waals surface area contributed by atoms with Crippen molar-refractivity contribution in [2.45, 2.75) is 14.4 Å². The van der Waals surface area contributed by atoms with Crippen LogP contribution in [0, 0.1) is 0 Å². The quantitative estimate of drug-likeness (QED) is 0.286. The number of benzene rings is 2. The molecule has 0 aliphatic carbocycles. The zero-order valence-electron chi connectivity index (χ0n) is 15.3. The van der Waals surface area contributed by atoms with E-state index < -0.39 is 5.97 Å². The Labute approximate surface area is 190 Å². The first-order chi connectivity index (χ1) is 14.5.